The lowest BCUT2D eigenvalue weighted by molar-refractivity contribution is -0.384. The van der Waals surface area contributed by atoms with Crippen molar-refractivity contribution in [3.05, 3.63) is 100 Å². The minimum absolute atomic E-state index is 0.132. The fraction of sp³-hybridized carbons (Fsp3) is 0.192. The van der Waals surface area contributed by atoms with Gasteiger partial charge < -0.3 is 15.8 Å². The Kier molecular flexibility index (Phi) is 8.29. The van der Waals surface area contributed by atoms with Gasteiger partial charge in [-0.1, -0.05) is 54.6 Å². The molecule has 0 aromatic heterocycles. The Morgan fingerprint density at radius 2 is 1.54 bits per heavy atom. The molecule has 3 N–H and O–H groups in total. The van der Waals surface area contributed by atoms with Gasteiger partial charge in [0.05, 0.1) is 18.0 Å². The van der Waals surface area contributed by atoms with E-state index in [-0.39, 0.29) is 18.7 Å². The predicted molar refractivity (Wildman–Crippen MR) is 129 cm³/mol. The molecular weight excluding hydrogens is 450 g/mol. The van der Waals surface area contributed by atoms with Gasteiger partial charge in [0.2, 0.25) is 5.91 Å². The van der Waals surface area contributed by atoms with E-state index in [0.717, 1.165) is 11.1 Å². The molecule has 9 nitrogen and oxygen atoms in total. The molecule has 0 saturated carbocycles. The quantitative estimate of drug-likeness (QED) is 0.261. The molecule has 35 heavy (non-hydrogen) atoms. The molecule has 3 aromatic carbocycles. The molecule has 3 rings (SSSR count). The summed E-state index contributed by atoms with van der Waals surface area (Å²) in [5.41, 5.74) is 8.09. The summed E-state index contributed by atoms with van der Waals surface area (Å²) in [6.07, 6.45) is -0.257. The van der Waals surface area contributed by atoms with Crippen molar-refractivity contribution in [2.24, 2.45) is 5.73 Å². The largest absolute Gasteiger partial charge is 0.466 e. The highest BCUT2D eigenvalue weighted by atomic mass is 16.6. The SMILES string of the molecule is CCOC(=O)C[C@@H](c1ccc([N+](=O)[O-])cc1)[C@@H](NC(=O)c1ccc(-c2ccccc2)cc1)C(N)=O. The molecule has 0 aliphatic rings. The smallest absolute Gasteiger partial charge is 0.306 e. The number of ether oxygens (including phenoxy) is 1. The molecule has 0 aliphatic heterocycles. The average Bonchev–Trinajstić information content (AvgIpc) is 2.86. The number of primary amides is 1. The van der Waals surface area contributed by atoms with Gasteiger partial charge in [-0.05, 0) is 35.7 Å². The predicted octanol–water partition coefficient (Wildman–Crippen LogP) is 3.58. The van der Waals surface area contributed by atoms with Crippen LogP contribution >= 0.6 is 0 Å². The molecule has 0 unspecified atom stereocenters. The lowest BCUT2D eigenvalue weighted by Gasteiger charge is -2.25. The van der Waals surface area contributed by atoms with Crippen LogP contribution in [0.25, 0.3) is 11.1 Å². The van der Waals surface area contributed by atoms with Crippen LogP contribution in [0.3, 0.4) is 0 Å². The zero-order valence-corrected chi connectivity index (χ0v) is 19.0. The van der Waals surface area contributed by atoms with Gasteiger partial charge in [-0.25, -0.2) is 0 Å². The average molecular weight is 476 g/mol. The minimum Gasteiger partial charge on any atom is -0.466 e. The number of nitrogens with one attached hydrogen (secondary N) is 1. The lowest BCUT2D eigenvalue weighted by Crippen LogP contribution is -2.48. The monoisotopic (exact) mass is 475 g/mol. The van der Waals surface area contributed by atoms with Crippen molar-refractivity contribution in [2.45, 2.75) is 25.3 Å². The lowest BCUT2D eigenvalue weighted by atomic mass is 9.87. The summed E-state index contributed by atoms with van der Waals surface area (Å²) in [6.45, 7) is 1.78. The van der Waals surface area contributed by atoms with Gasteiger partial charge in [0.1, 0.15) is 6.04 Å². The Balaban J connectivity index is 1.86. The summed E-state index contributed by atoms with van der Waals surface area (Å²) in [5, 5.41) is 13.6. The molecule has 0 heterocycles. The van der Waals surface area contributed by atoms with Crippen molar-refractivity contribution < 1.29 is 24.0 Å². The Bertz CT molecular complexity index is 1190. The van der Waals surface area contributed by atoms with Crippen molar-refractivity contribution in [1.82, 2.24) is 5.32 Å². The molecule has 0 bridgehead atoms. The van der Waals surface area contributed by atoms with E-state index >= 15 is 0 Å². The third kappa shape index (κ3) is 6.50. The summed E-state index contributed by atoms with van der Waals surface area (Å²) < 4.78 is 5.02. The van der Waals surface area contributed by atoms with Crippen LogP contribution in [0.4, 0.5) is 5.69 Å². The number of non-ortho nitro benzene ring substituents is 1. The van der Waals surface area contributed by atoms with E-state index in [0.29, 0.717) is 11.1 Å². The molecule has 180 valence electrons. The number of nitrogens with zero attached hydrogens (tertiary/aromatic N) is 1. The van der Waals surface area contributed by atoms with Crippen molar-refractivity contribution >= 4 is 23.5 Å². The first-order chi connectivity index (χ1) is 16.8. The fourth-order valence-electron chi connectivity index (χ4n) is 3.71. The van der Waals surface area contributed by atoms with Crippen molar-refractivity contribution in [1.29, 1.82) is 0 Å². The van der Waals surface area contributed by atoms with Crippen LogP contribution < -0.4 is 11.1 Å². The van der Waals surface area contributed by atoms with Gasteiger partial charge in [-0.3, -0.25) is 24.5 Å². The summed E-state index contributed by atoms with van der Waals surface area (Å²) >= 11 is 0. The summed E-state index contributed by atoms with van der Waals surface area (Å²) in [7, 11) is 0. The maximum absolute atomic E-state index is 13.0. The Hall–Kier alpha value is -4.53. The van der Waals surface area contributed by atoms with E-state index in [2.05, 4.69) is 5.32 Å². The van der Waals surface area contributed by atoms with Gasteiger partial charge in [-0.2, -0.15) is 0 Å². The molecule has 0 spiro atoms. The number of carbonyl (C=O) groups excluding carboxylic acids is 3. The van der Waals surface area contributed by atoms with Gasteiger partial charge in [0.15, 0.2) is 0 Å². The Morgan fingerprint density at radius 1 is 0.943 bits per heavy atom. The summed E-state index contributed by atoms with van der Waals surface area (Å²) in [6, 6.07) is 20.6. The molecule has 9 heteroatoms. The molecule has 0 saturated heterocycles. The first kappa shape index (κ1) is 25.1. The number of carbonyl (C=O) groups is 3. The fourth-order valence-corrected chi connectivity index (χ4v) is 3.71. The van der Waals surface area contributed by atoms with Crippen molar-refractivity contribution in [2.75, 3.05) is 6.61 Å². The molecule has 0 radical (unpaired) electrons. The van der Waals surface area contributed by atoms with Gasteiger partial charge in [0, 0.05) is 23.6 Å². The highest BCUT2D eigenvalue weighted by Crippen LogP contribution is 2.27. The second-order valence-electron chi connectivity index (χ2n) is 7.76. The van der Waals surface area contributed by atoms with Crippen LogP contribution in [0.2, 0.25) is 0 Å². The third-order valence-electron chi connectivity index (χ3n) is 5.47. The molecule has 0 fully saturated rings. The number of hydrogen-bond donors (Lipinski definition) is 2. The molecule has 0 aliphatic carbocycles. The highest BCUT2D eigenvalue weighted by molar-refractivity contribution is 5.98. The molecule has 2 atom stereocenters. The minimum atomic E-state index is -1.26. The van der Waals surface area contributed by atoms with Crippen LogP contribution in [0.1, 0.15) is 35.2 Å². The van der Waals surface area contributed by atoms with Crippen LogP contribution in [0, 0.1) is 10.1 Å². The van der Waals surface area contributed by atoms with Gasteiger partial charge in [-0.15, -0.1) is 0 Å². The second-order valence-corrected chi connectivity index (χ2v) is 7.76. The maximum atomic E-state index is 13.0. The number of benzene rings is 3. The van der Waals surface area contributed by atoms with E-state index in [4.69, 9.17) is 10.5 Å². The second kappa shape index (κ2) is 11.6. The van der Waals surface area contributed by atoms with Crippen molar-refractivity contribution in [3.63, 3.8) is 0 Å². The van der Waals surface area contributed by atoms with Crippen LogP contribution in [-0.2, 0) is 14.3 Å². The number of amides is 2. The third-order valence-corrected chi connectivity index (χ3v) is 5.47. The van der Waals surface area contributed by atoms with E-state index in [9.17, 15) is 24.5 Å². The van der Waals surface area contributed by atoms with E-state index in [1.165, 1.54) is 24.3 Å². The number of esters is 1. The normalized spacial score (nSPS) is 12.3. The van der Waals surface area contributed by atoms with E-state index in [1.54, 1.807) is 31.2 Å². The Morgan fingerprint density at radius 3 is 2.09 bits per heavy atom. The van der Waals surface area contributed by atoms with E-state index < -0.39 is 34.7 Å². The summed E-state index contributed by atoms with van der Waals surface area (Å²) in [4.78, 5) is 48.1. The number of nitrogens with two attached hydrogens (primary N) is 1. The zero-order valence-electron chi connectivity index (χ0n) is 19.0. The zero-order chi connectivity index (χ0) is 25.4. The topological polar surface area (TPSA) is 142 Å². The standard InChI is InChI=1S/C26H25N3O6/c1-2-35-23(30)16-22(19-12-14-21(15-13-19)29(33)34)24(25(27)31)28-26(32)20-10-8-18(9-11-20)17-6-4-3-5-7-17/h3-15,22,24H,2,16H2,1H3,(H2,27,31)(H,28,32)/t22-,24+/m0/s1. The van der Waals surface area contributed by atoms with Crippen LogP contribution in [0.15, 0.2) is 78.9 Å². The molecule has 2 amide bonds. The molecule has 3 aromatic rings. The first-order valence-corrected chi connectivity index (χ1v) is 11.0. The van der Waals surface area contributed by atoms with Crippen LogP contribution in [-0.4, -0.2) is 35.4 Å². The molecular formula is C26H25N3O6. The Labute approximate surface area is 202 Å². The van der Waals surface area contributed by atoms with Crippen molar-refractivity contribution in [3.8, 4) is 11.1 Å². The van der Waals surface area contributed by atoms with Crippen LogP contribution in [0.5, 0.6) is 0 Å². The van der Waals surface area contributed by atoms with Gasteiger partial charge in [0.25, 0.3) is 11.6 Å². The maximum Gasteiger partial charge on any atom is 0.306 e. The number of nitro groups is 1. The number of nitro benzene ring substituents is 1. The number of hydrogen-bond acceptors (Lipinski definition) is 6. The van der Waals surface area contributed by atoms with Gasteiger partial charge >= 0.3 is 5.97 Å². The highest BCUT2D eigenvalue weighted by Gasteiger charge is 2.32. The van der Waals surface area contributed by atoms with E-state index in [1.807, 2.05) is 30.3 Å². The number of rotatable bonds is 10. The first-order valence-electron chi connectivity index (χ1n) is 11.0. The summed E-state index contributed by atoms with van der Waals surface area (Å²) in [5.74, 6) is -2.89.